The first-order valence-corrected chi connectivity index (χ1v) is 5.67. The zero-order chi connectivity index (χ0) is 13.3. The van der Waals surface area contributed by atoms with Gasteiger partial charge in [-0.3, -0.25) is 13.9 Å². The monoisotopic (exact) mass is 265 g/mol. The lowest BCUT2D eigenvalue weighted by Crippen LogP contribution is -2.37. The third-order valence-electron chi connectivity index (χ3n) is 2.66. The normalized spacial score (nSPS) is 10.4. The fourth-order valence-corrected chi connectivity index (χ4v) is 1.74. The number of nitrogens with zero attached hydrogens (tertiary/aromatic N) is 2. The predicted octanol–water partition coefficient (Wildman–Crippen LogP) is 1.48. The van der Waals surface area contributed by atoms with Crippen LogP contribution in [-0.4, -0.2) is 9.13 Å². The Labute approximate surface area is 108 Å². The van der Waals surface area contributed by atoms with Crippen LogP contribution in [0, 0.1) is 0 Å². The minimum atomic E-state index is -0.392. The molecule has 0 bridgehead atoms. The van der Waals surface area contributed by atoms with E-state index in [0.717, 1.165) is 4.57 Å². The summed E-state index contributed by atoms with van der Waals surface area (Å²) in [4.78, 5) is 23.3. The molecule has 6 heteroatoms. The number of rotatable bonds is 2. The summed E-state index contributed by atoms with van der Waals surface area (Å²) >= 11 is 6.00. The van der Waals surface area contributed by atoms with E-state index in [1.54, 1.807) is 25.2 Å². The van der Waals surface area contributed by atoms with Crippen LogP contribution in [-0.2, 0) is 14.1 Å². The Balaban J connectivity index is 2.52. The van der Waals surface area contributed by atoms with Gasteiger partial charge in [0.25, 0.3) is 5.56 Å². The van der Waals surface area contributed by atoms with Gasteiger partial charge in [0.05, 0.1) is 10.7 Å². The molecule has 2 rings (SSSR count). The molecule has 1 aromatic heterocycles. The van der Waals surface area contributed by atoms with Crippen molar-refractivity contribution >= 4 is 23.1 Å². The zero-order valence-electron chi connectivity index (χ0n) is 9.98. The number of anilines is 2. The molecule has 0 spiro atoms. The second kappa shape index (κ2) is 4.70. The maximum Gasteiger partial charge on any atom is 0.332 e. The number of halogens is 1. The molecular weight excluding hydrogens is 254 g/mol. The Morgan fingerprint density at radius 2 is 1.78 bits per heavy atom. The highest BCUT2D eigenvalue weighted by atomic mass is 35.5. The number of para-hydroxylation sites is 1. The Morgan fingerprint density at radius 1 is 1.11 bits per heavy atom. The molecule has 0 amide bonds. The van der Waals surface area contributed by atoms with Gasteiger partial charge in [-0.25, -0.2) is 4.79 Å². The summed E-state index contributed by atoms with van der Waals surface area (Å²) in [6, 6.07) is 8.46. The maximum atomic E-state index is 11.7. The van der Waals surface area contributed by atoms with Crippen LogP contribution in [0.5, 0.6) is 0 Å². The average Bonchev–Trinajstić information content (AvgIpc) is 2.36. The van der Waals surface area contributed by atoms with Crippen molar-refractivity contribution in [2.75, 3.05) is 5.32 Å². The molecule has 0 unspecified atom stereocenters. The van der Waals surface area contributed by atoms with Gasteiger partial charge in [-0.2, -0.15) is 0 Å². The molecule has 0 saturated heterocycles. The number of nitrogens with one attached hydrogen (secondary N) is 1. The van der Waals surface area contributed by atoms with E-state index in [9.17, 15) is 9.59 Å². The summed E-state index contributed by atoms with van der Waals surface area (Å²) < 4.78 is 2.39. The highest BCUT2D eigenvalue weighted by Crippen LogP contribution is 2.23. The van der Waals surface area contributed by atoms with Crippen LogP contribution in [0.1, 0.15) is 0 Å². The number of hydrogen-bond donors (Lipinski definition) is 1. The Bertz CT molecular complexity index is 703. The molecule has 0 radical (unpaired) electrons. The average molecular weight is 266 g/mol. The third kappa shape index (κ3) is 2.17. The van der Waals surface area contributed by atoms with E-state index < -0.39 is 5.69 Å². The molecule has 18 heavy (non-hydrogen) atoms. The van der Waals surface area contributed by atoms with Gasteiger partial charge in [-0.05, 0) is 12.1 Å². The highest BCUT2D eigenvalue weighted by molar-refractivity contribution is 6.33. The quantitative estimate of drug-likeness (QED) is 0.895. The van der Waals surface area contributed by atoms with Crippen molar-refractivity contribution in [2.45, 2.75) is 0 Å². The van der Waals surface area contributed by atoms with Crippen molar-refractivity contribution in [1.29, 1.82) is 0 Å². The SMILES string of the molecule is Cn1c(Nc2ccccc2Cl)cc(=O)n(C)c1=O. The lowest BCUT2D eigenvalue weighted by molar-refractivity contribution is 0.693. The lowest BCUT2D eigenvalue weighted by Gasteiger charge is -2.12. The van der Waals surface area contributed by atoms with Crippen LogP contribution < -0.4 is 16.6 Å². The summed E-state index contributed by atoms with van der Waals surface area (Å²) in [5.74, 6) is 0.399. The van der Waals surface area contributed by atoms with Crippen LogP contribution in [0.2, 0.25) is 5.02 Å². The van der Waals surface area contributed by atoms with E-state index in [1.165, 1.54) is 17.7 Å². The van der Waals surface area contributed by atoms with Crippen molar-refractivity contribution < 1.29 is 0 Å². The van der Waals surface area contributed by atoms with E-state index in [0.29, 0.717) is 16.5 Å². The molecule has 0 aliphatic carbocycles. The number of aromatic nitrogens is 2. The van der Waals surface area contributed by atoms with E-state index >= 15 is 0 Å². The van der Waals surface area contributed by atoms with Gasteiger partial charge in [-0.15, -0.1) is 0 Å². The van der Waals surface area contributed by atoms with Gasteiger partial charge >= 0.3 is 5.69 Å². The molecule has 0 atom stereocenters. The van der Waals surface area contributed by atoms with Crippen LogP contribution in [0.4, 0.5) is 11.5 Å². The molecule has 0 fully saturated rings. The molecule has 0 saturated carbocycles. The van der Waals surface area contributed by atoms with Crippen molar-refractivity contribution in [2.24, 2.45) is 14.1 Å². The van der Waals surface area contributed by atoms with Crippen LogP contribution in [0.15, 0.2) is 39.9 Å². The number of benzene rings is 1. The first-order chi connectivity index (χ1) is 8.50. The summed E-state index contributed by atoms with van der Waals surface area (Å²) in [6.07, 6.45) is 0. The van der Waals surface area contributed by atoms with Crippen LogP contribution in [0.3, 0.4) is 0 Å². The van der Waals surface area contributed by atoms with Crippen LogP contribution in [0.25, 0.3) is 0 Å². The van der Waals surface area contributed by atoms with Gasteiger partial charge < -0.3 is 5.32 Å². The molecule has 1 aromatic carbocycles. The van der Waals surface area contributed by atoms with Crippen molar-refractivity contribution in [1.82, 2.24) is 9.13 Å². The first-order valence-electron chi connectivity index (χ1n) is 5.29. The lowest BCUT2D eigenvalue weighted by atomic mass is 10.3. The molecule has 2 aromatic rings. The Hall–Kier alpha value is -2.01. The fourth-order valence-electron chi connectivity index (χ4n) is 1.55. The predicted molar refractivity (Wildman–Crippen MR) is 71.7 cm³/mol. The summed E-state index contributed by atoms with van der Waals surface area (Å²) in [6.45, 7) is 0. The third-order valence-corrected chi connectivity index (χ3v) is 2.99. The molecule has 0 aliphatic heterocycles. The second-order valence-electron chi connectivity index (χ2n) is 3.87. The standard InChI is InChI=1S/C12H12ClN3O2/c1-15-10(7-11(17)16(2)12(15)18)14-9-6-4-3-5-8(9)13/h3-7,14H,1-2H3. The zero-order valence-corrected chi connectivity index (χ0v) is 10.7. The van der Waals surface area contributed by atoms with Crippen molar-refractivity contribution in [3.05, 3.63) is 56.2 Å². The fraction of sp³-hybridized carbons (Fsp3) is 0.167. The summed E-state index contributed by atoms with van der Waals surface area (Å²) in [5.41, 5.74) is -0.118. The van der Waals surface area contributed by atoms with E-state index in [2.05, 4.69) is 5.32 Å². The topological polar surface area (TPSA) is 56.0 Å². The first kappa shape index (κ1) is 12.4. The van der Waals surface area contributed by atoms with E-state index in [4.69, 9.17) is 11.6 Å². The van der Waals surface area contributed by atoms with Crippen molar-refractivity contribution in [3.8, 4) is 0 Å². The Morgan fingerprint density at radius 3 is 2.44 bits per heavy atom. The Kier molecular flexibility index (Phi) is 3.25. The maximum absolute atomic E-state index is 11.7. The minimum Gasteiger partial charge on any atom is -0.340 e. The van der Waals surface area contributed by atoms with E-state index in [1.807, 2.05) is 6.07 Å². The van der Waals surface area contributed by atoms with E-state index in [-0.39, 0.29) is 5.56 Å². The minimum absolute atomic E-state index is 0.368. The largest absolute Gasteiger partial charge is 0.340 e. The summed E-state index contributed by atoms with van der Waals surface area (Å²) in [7, 11) is 3.02. The molecule has 0 aliphatic rings. The molecule has 1 N–H and O–H groups in total. The molecule has 1 heterocycles. The van der Waals surface area contributed by atoms with Crippen LogP contribution >= 0.6 is 11.6 Å². The van der Waals surface area contributed by atoms with Gasteiger partial charge in [0.2, 0.25) is 0 Å². The van der Waals surface area contributed by atoms with Gasteiger partial charge in [0, 0.05) is 20.2 Å². The smallest absolute Gasteiger partial charge is 0.332 e. The molecule has 94 valence electrons. The van der Waals surface area contributed by atoms with Gasteiger partial charge in [0.1, 0.15) is 5.82 Å². The highest BCUT2D eigenvalue weighted by Gasteiger charge is 2.07. The summed E-state index contributed by atoms with van der Waals surface area (Å²) in [5, 5.41) is 3.49. The van der Waals surface area contributed by atoms with Crippen molar-refractivity contribution in [3.63, 3.8) is 0 Å². The number of hydrogen-bond acceptors (Lipinski definition) is 3. The molecular formula is C12H12ClN3O2. The van der Waals surface area contributed by atoms with Gasteiger partial charge in [0.15, 0.2) is 0 Å². The van der Waals surface area contributed by atoms with Gasteiger partial charge in [-0.1, -0.05) is 23.7 Å². The second-order valence-corrected chi connectivity index (χ2v) is 4.28. The molecule has 5 nitrogen and oxygen atoms in total.